The summed E-state index contributed by atoms with van der Waals surface area (Å²) in [4.78, 5) is 12.4. The van der Waals surface area contributed by atoms with E-state index in [1.807, 2.05) is 39.0 Å². The van der Waals surface area contributed by atoms with E-state index in [4.69, 9.17) is 0 Å². The van der Waals surface area contributed by atoms with Crippen molar-refractivity contribution in [1.29, 1.82) is 0 Å². The minimum atomic E-state index is -3.82. The molecule has 0 saturated carbocycles. The highest BCUT2D eigenvalue weighted by atomic mass is 32.2. The molecule has 2 aromatic rings. The minimum absolute atomic E-state index is 0.149. The summed E-state index contributed by atoms with van der Waals surface area (Å²) < 4.78 is 38.9. The molecule has 1 N–H and O–H groups in total. The molecule has 1 amide bonds. The number of hydrogen-bond acceptors (Lipinski definition) is 3. The van der Waals surface area contributed by atoms with E-state index in [1.54, 1.807) is 0 Å². The van der Waals surface area contributed by atoms with Crippen molar-refractivity contribution >= 4 is 21.6 Å². The second kappa shape index (κ2) is 7.86. The van der Waals surface area contributed by atoms with Gasteiger partial charge in [-0.05, 0) is 44.0 Å². The Bertz CT molecular complexity index is 913. The lowest BCUT2D eigenvalue weighted by molar-refractivity contribution is -0.120. The Hall–Kier alpha value is -2.41. The summed E-state index contributed by atoms with van der Waals surface area (Å²) in [7, 11) is -3.82. The van der Waals surface area contributed by atoms with E-state index in [2.05, 4.69) is 5.32 Å². The summed E-state index contributed by atoms with van der Waals surface area (Å²) in [5.41, 5.74) is 2.95. The van der Waals surface area contributed by atoms with Gasteiger partial charge in [-0.1, -0.05) is 35.9 Å². The predicted molar refractivity (Wildman–Crippen MR) is 101 cm³/mol. The lowest BCUT2D eigenvalue weighted by Gasteiger charge is -2.24. The van der Waals surface area contributed by atoms with Crippen molar-refractivity contribution in [3.05, 3.63) is 65.0 Å². The summed E-state index contributed by atoms with van der Waals surface area (Å²) >= 11 is 0. The van der Waals surface area contributed by atoms with Crippen molar-refractivity contribution < 1.29 is 17.6 Å². The third kappa shape index (κ3) is 4.82. The van der Waals surface area contributed by atoms with Crippen molar-refractivity contribution in [2.24, 2.45) is 0 Å². The number of rotatable bonds is 6. The van der Waals surface area contributed by atoms with E-state index in [-0.39, 0.29) is 11.7 Å². The van der Waals surface area contributed by atoms with E-state index in [9.17, 15) is 17.6 Å². The molecule has 1 unspecified atom stereocenters. The van der Waals surface area contributed by atoms with Crippen LogP contribution in [-0.4, -0.2) is 27.1 Å². The van der Waals surface area contributed by atoms with Crippen LogP contribution in [0.1, 0.15) is 29.7 Å². The molecule has 2 rings (SSSR count). The topological polar surface area (TPSA) is 66.5 Å². The van der Waals surface area contributed by atoms with Crippen molar-refractivity contribution in [3.63, 3.8) is 0 Å². The van der Waals surface area contributed by atoms with E-state index < -0.39 is 28.3 Å². The molecule has 0 aliphatic carbocycles. The molecule has 0 saturated heterocycles. The van der Waals surface area contributed by atoms with Crippen molar-refractivity contribution in [3.8, 4) is 0 Å². The maximum atomic E-state index is 14.0. The summed E-state index contributed by atoms with van der Waals surface area (Å²) in [6.45, 7) is 5.27. The number of sulfonamides is 1. The van der Waals surface area contributed by atoms with Gasteiger partial charge in [-0.3, -0.25) is 9.10 Å². The fourth-order valence-corrected chi connectivity index (χ4v) is 3.70. The van der Waals surface area contributed by atoms with E-state index in [0.717, 1.165) is 33.3 Å². The van der Waals surface area contributed by atoms with Gasteiger partial charge in [0.05, 0.1) is 18.0 Å². The Morgan fingerprint density at radius 1 is 1.19 bits per heavy atom. The Balaban J connectivity index is 2.19. The molecule has 0 aromatic heterocycles. The van der Waals surface area contributed by atoms with Crippen LogP contribution in [0.15, 0.2) is 42.5 Å². The number of carbonyl (C=O) groups excluding carboxylic acids is 1. The number of benzene rings is 2. The average Bonchev–Trinajstić information content (AvgIpc) is 2.52. The second-order valence-electron chi connectivity index (χ2n) is 6.37. The second-order valence-corrected chi connectivity index (χ2v) is 8.28. The highest BCUT2D eigenvalue weighted by Gasteiger charge is 2.24. The summed E-state index contributed by atoms with van der Waals surface area (Å²) in [5.74, 6) is -1.21. The Morgan fingerprint density at radius 3 is 2.42 bits per heavy atom. The largest absolute Gasteiger partial charge is 0.348 e. The van der Waals surface area contributed by atoms with Gasteiger partial charge in [-0.25, -0.2) is 12.8 Å². The van der Waals surface area contributed by atoms with Crippen LogP contribution in [0.3, 0.4) is 0 Å². The van der Waals surface area contributed by atoms with E-state index in [1.165, 1.54) is 18.2 Å². The van der Waals surface area contributed by atoms with Crippen LogP contribution in [-0.2, 0) is 14.8 Å². The number of anilines is 1. The van der Waals surface area contributed by atoms with Crippen molar-refractivity contribution in [1.82, 2.24) is 5.32 Å². The summed E-state index contributed by atoms with van der Waals surface area (Å²) in [6, 6.07) is 11.1. The van der Waals surface area contributed by atoms with Crippen molar-refractivity contribution in [2.75, 3.05) is 17.1 Å². The quantitative estimate of drug-likeness (QED) is 0.840. The minimum Gasteiger partial charge on any atom is -0.348 e. The lowest BCUT2D eigenvalue weighted by atomic mass is 10.0. The number of para-hydroxylation sites is 1. The smallest absolute Gasteiger partial charge is 0.241 e. The van der Waals surface area contributed by atoms with E-state index >= 15 is 0 Å². The molecule has 0 bridgehead atoms. The Morgan fingerprint density at radius 2 is 1.85 bits per heavy atom. The number of carbonyl (C=O) groups is 1. The first kappa shape index (κ1) is 19.9. The Kier molecular flexibility index (Phi) is 6.02. The van der Waals surface area contributed by atoms with Gasteiger partial charge in [0.1, 0.15) is 12.4 Å². The molecule has 2 aromatic carbocycles. The molecular formula is C19H23FN2O3S. The molecule has 140 valence electrons. The van der Waals surface area contributed by atoms with Crippen LogP contribution in [0.25, 0.3) is 0 Å². The van der Waals surface area contributed by atoms with Crippen LogP contribution >= 0.6 is 0 Å². The maximum Gasteiger partial charge on any atom is 0.241 e. The van der Waals surface area contributed by atoms with E-state index in [0.29, 0.717) is 0 Å². The third-order valence-corrected chi connectivity index (χ3v) is 5.20. The van der Waals surface area contributed by atoms with Gasteiger partial charge in [0.2, 0.25) is 15.9 Å². The van der Waals surface area contributed by atoms with Crippen molar-refractivity contribution in [2.45, 2.75) is 26.8 Å². The monoisotopic (exact) mass is 378 g/mol. The third-order valence-electron chi connectivity index (χ3n) is 4.08. The highest BCUT2D eigenvalue weighted by Crippen LogP contribution is 2.22. The summed E-state index contributed by atoms with van der Waals surface area (Å²) in [5, 5.41) is 2.78. The molecule has 7 heteroatoms. The molecule has 0 radical (unpaired) electrons. The zero-order valence-electron chi connectivity index (χ0n) is 15.3. The van der Waals surface area contributed by atoms with Gasteiger partial charge in [-0.2, -0.15) is 0 Å². The number of amides is 1. The molecule has 26 heavy (non-hydrogen) atoms. The zero-order valence-corrected chi connectivity index (χ0v) is 16.1. The van der Waals surface area contributed by atoms with Gasteiger partial charge in [0, 0.05) is 0 Å². The lowest BCUT2D eigenvalue weighted by Crippen LogP contribution is -2.41. The van der Waals surface area contributed by atoms with Gasteiger partial charge >= 0.3 is 0 Å². The van der Waals surface area contributed by atoms with Crippen LogP contribution in [0, 0.1) is 19.7 Å². The number of aryl methyl sites for hydroxylation is 2. The fraction of sp³-hybridized carbons (Fsp3) is 0.316. The molecule has 1 atom stereocenters. The van der Waals surface area contributed by atoms with Crippen LogP contribution < -0.4 is 9.62 Å². The van der Waals surface area contributed by atoms with Crippen LogP contribution in [0.4, 0.5) is 10.1 Å². The first-order valence-corrected chi connectivity index (χ1v) is 10.0. The zero-order chi connectivity index (χ0) is 19.5. The number of halogens is 1. The molecule has 0 spiro atoms. The Labute approximate surface area is 153 Å². The first-order chi connectivity index (χ1) is 12.1. The maximum absolute atomic E-state index is 14.0. The molecule has 0 fully saturated rings. The molecule has 5 nitrogen and oxygen atoms in total. The number of nitrogens with zero attached hydrogens (tertiary/aromatic N) is 1. The standard InChI is InChI=1S/C19H23FN2O3S/c1-13-9-10-16(14(2)11-13)15(3)21-19(23)12-22(26(4,24)25)18-8-6-5-7-17(18)20/h5-11,15H,12H2,1-4H3,(H,21,23). The fourth-order valence-electron chi connectivity index (χ4n) is 2.84. The molecular weight excluding hydrogens is 355 g/mol. The SMILES string of the molecule is Cc1ccc(C(C)NC(=O)CN(c2ccccc2F)S(C)(=O)=O)c(C)c1. The van der Waals surface area contributed by atoms with Gasteiger partial charge < -0.3 is 5.32 Å². The summed E-state index contributed by atoms with van der Waals surface area (Å²) in [6.07, 6.45) is 0.945. The molecule has 0 heterocycles. The average molecular weight is 378 g/mol. The predicted octanol–water partition coefficient (Wildman–Crippen LogP) is 3.09. The van der Waals surface area contributed by atoms with Crippen LogP contribution in [0.5, 0.6) is 0 Å². The first-order valence-electron chi connectivity index (χ1n) is 8.18. The van der Waals surface area contributed by atoms with Gasteiger partial charge in [-0.15, -0.1) is 0 Å². The number of nitrogens with one attached hydrogen (secondary N) is 1. The number of hydrogen-bond donors (Lipinski definition) is 1. The van der Waals surface area contributed by atoms with Crippen LogP contribution in [0.2, 0.25) is 0 Å². The normalized spacial score (nSPS) is 12.5. The van der Waals surface area contributed by atoms with Gasteiger partial charge in [0.15, 0.2) is 0 Å². The molecule has 0 aliphatic heterocycles. The molecule has 0 aliphatic rings. The highest BCUT2D eigenvalue weighted by molar-refractivity contribution is 7.92. The van der Waals surface area contributed by atoms with Gasteiger partial charge in [0.25, 0.3) is 0 Å².